The Bertz CT molecular complexity index is 471. The Labute approximate surface area is 111 Å². The van der Waals surface area contributed by atoms with Gasteiger partial charge in [-0.1, -0.05) is 12.1 Å². The fraction of sp³-hybridized carbons (Fsp3) is 0.385. The van der Waals surface area contributed by atoms with E-state index in [0.717, 1.165) is 12.8 Å². The molecule has 1 saturated carbocycles. The lowest BCUT2D eigenvalue weighted by molar-refractivity contribution is -0.122. The molecule has 0 unspecified atom stereocenters. The van der Waals surface area contributed by atoms with E-state index in [0.29, 0.717) is 11.5 Å². The van der Waals surface area contributed by atoms with Crippen molar-refractivity contribution in [3.8, 4) is 11.5 Å². The molecule has 0 heterocycles. The van der Waals surface area contributed by atoms with Crippen LogP contribution in [0.4, 0.5) is 4.79 Å². The summed E-state index contributed by atoms with van der Waals surface area (Å²) in [6.07, 6.45) is 1.94. The number of hydrogen-bond donors (Lipinski definition) is 2. The van der Waals surface area contributed by atoms with Crippen LogP contribution in [0.3, 0.4) is 0 Å². The van der Waals surface area contributed by atoms with Gasteiger partial charge in [0.2, 0.25) is 0 Å². The first kappa shape index (κ1) is 13.2. The van der Waals surface area contributed by atoms with Crippen molar-refractivity contribution in [3.63, 3.8) is 0 Å². The SMILES string of the molecule is COc1ccccc1OCC(=O)NC(=O)NC1CC1. The van der Waals surface area contributed by atoms with Crippen molar-refractivity contribution < 1.29 is 19.1 Å². The molecule has 0 aromatic heterocycles. The van der Waals surface area contributed by atoms with Crippen LogP contribution >= 0.6 is 0 Å². The summed E-state index contributed by atoms with van der Waals surface area (Å²) in [5.41, 5.74) is 0. The molecule has 1 aliphatic carbocycles. The van der Waals surface area contributed by atoms with E-state index in [2.05, 4.69) is 10.6 Å². The molecule has 1 aromatic carbocycles. The monoisotopic (exact) mass is 264 g/mol. The van der Waals surface area contributed by atoms with E-state index in [1.54, 1.807) is 24.3 Å². The molecule has 2 N–H and O–H groups in total. The number of amides is 3. The van der Waals surface area contributed by atoms with E-state index in [1.165, 1.54) is 7.11 Å². The number of carbonyl (C=O) groups excluding carboxylic acids is 2. The van der Waals surface area contributed by atoms with Crippen LogP contribution in [-0.2, 0) is 4.79 Å². The molecule has 0 bridgehead atoms. The Morgan fingerprint density at radius 3 is 2.58 bits per heavy atom. The van der Waals surface area contributed by atoms with Crippen molar-refractivity contribution in [2.24, 2.45) is 0 Å². The number of imide groups is 1. The van der Waals surface area contributed by atoms with Crippen LogP contribution in [-0.4, -0.2) is 31.7 Å². The predicted molar refractivity (Wildman–Crippen MR) is 68.2 cm³/mol. The molecule has 0 atom stereocenters. The molecule has 3 amide bonds. The van der Waals surface area contributed by atoms with E-state index in [9.17, 15) is 9.59 Å². The lowest BCUT2D eigenvalue weighted by Crippen LogP contribution is -2.42. The highest BCUT2D eigenvalue weighted by Crippen LogP contribution is 2.25. The molecule has 0 spiro atoms. The zero-order valence-electron chi connectivity index (χ0n) is 10.6. The average Bonchev–Trinajstić information content (AvgIpc) is 3.20. The van der Waals surface area contributed by atoms with Gasteiger partial charge in [-0.15, -0.1) is 0 Å². The molecule has 19 heavy (non-hydrogen) atoms. The zero-order chi connectivity index (χ0) is 13.7. The van der Waals surface area contributed by atoms with Gasteiger partial charge in [0.1, 0.15) is 0 Å². The number of nitrogens with one attached hydrogen (secondary N) is 2. The average molecular weight is 264 g/mol. The molecule has 0 aliphatic heterocycles. The van der Waals surface area contributed by atoms with Crippen LogP contribution in [0.5, 0.6) is 11.5 Å². The molecule has 0 radical (unpaired) electrons. The summed E-state index contributed by atoms with van der Waals surface area (Å²) in [4.78, 5) is 22.8. The van der Waals surface area contributed by atoms with Gasteiger partial charge >= 0.3 is 6.03 Å². The number of rotatable bonds is 5. The smallest absolute Gasteiger partial charge is 0.321 e. The van der Waals surface area contributed by atoms with Crippen molar-refractivity contribution in [1.82, 2.24) is 10.6 Å². The third kappa shape index (κ3) is 4.17. The summed E-state index contributed by atoms with van der Waals surface area (Å²) in [5.74, 6) is 0.504. The second kappa shape index (κ2) is 6.08. The fourth-order valence-electron chi connectivity index (χ4n) is 1.49. The molecule has 0 saturated heterocycles. The third-order valence-corrected chi connectivity index (χ3v) is 2.59. The van der Waals surface area contributed by atoms with Gasteiger partial charge in [-0.05, 0) is 25.0 Å². The number of benzene rings is 1. The maximum Gasteiger partial charge on any atom is 0.321 e. The number of para-hydroxylation sites is 2. The van der Waals surface area contributed by atoms with Crippen LogP contribution in [0.25, 0.3) is 0 Å². The van der Waals surface area contributed by atoms with Crippen LogP contribution in [0.1, 0.15) is 12.8 Å². The van der Waals surface area contributed by atoms with Crippen molar-refractivity contribution >= 4 is 11.9 Å². The lowest BCUT2D eigenvalue weighted by Gasteiger charge is -2.10. The molecule has 1 fully saturated rings. The third-order valence-electron chi connectivity index (χ3n) is 2.59. The van der Waals surface area contributed by atoms with E-state index in [-0.39, 0.29) is 12.6 Å². The minimum absolute atomic E-state index is 0.211. The fourth-order valence-corrected chi connectivity index (χ4v) is 1.49. The zero-order valence-corrected chi connectivity index (χ0v) is 10.6. The first-order valence-electron chi connectivity index (χ1n) is 6.05. The Morgan fingerprint density at radius 2 is 1.95 bits per heavy atom. The van der Waals surface area contributed by atoms with Crippen molar-refractivity contribution in [2.45, 2.75) is 18.9 Å². The van der Waals surface area contributed by atoms with Crippen LogP contribution in [0.2, 0.25) is 0 Å². The Kier molecular flexibility index (Phi) is 4.22. The van der Waals surface area contributed by atoms with E-state index >= 15 is 0 Å². The van der Waals surface area contributed by atoms with Gasteiger partial charge in [0.05, 0.1) is 7.11 Å². The standard InChI is InChI=1S/C13H16N2O4/c1-18-10-4-2-3-5-11(10)19-8-12(16)15-13(17)14-9-6-7-9/h2-5,9H,6-8H2,1H3,(H2,14,15,16,17). The highest BCUT2D eigenvalue weighted by molar-refractivity contribution is 5.95. The van der Waals surface area contributed by atoms with E-state index in [1.807, 2.05) is 0 Å². The maximum atomic E-state index is 11.5. The van der Waals surface area contributed by atoms with Gasteiger partial charge in [-0.2, -0.15) is 0 Å². The molecule has 6 heteroatoms. The number of urea groups is 1. The van der Waals surface area contributed by atoms with Gasteiger partial charge in [0.15, 0.2) is 18.1 Å². The summed E-state index contributed by atoms with van der Waals surface area (Å²) >= 11 is 0. The second-order valence-electron chi connectivity index (χ2n) is 4.24. The largest absolute Gasteiger partial charge is 0.493 e. The maximum absolute atomic E-state index is 11.5. The van der Waals surface area contributed by atoms with Gasteiger partial charge in [-0.3, -0.25) is 10.1 Å². The number of ether oxygens (including phenoxy) is 2. The summed E-state index contributed by atoms with van der Waals surface area (Å²) < 4.78 is 10.4. The Balaban J connectivity index is 1.77. The number of carbonyl (C=O) groups is 2. The van der Waals surface area contributed by atoms with Crippen LogP contribution in [0.15, 0.2) is 24.3 Å². The van der Waals surface area contributed by atoms with Crippen molar-refractivity contribution in [2.75, 3.05) is 13.7 Å². The summed E-state index contributed by atoms with van der Waals surface area (Å²) in [6.45, 7) is -0.238. The van der Waals surface area contributed by atoms with Gasteiger partial charge in [-0.25, -0.2) is 4.79 Å². The summed E-state index contributed by atoms with van der Waals surface area (Å²) in [6, 6.07) is 6.73. The topological polar surface area (TPSA) is 76.7 Å². The Hall–Kier alpha value is -2.24. The quantitative estimate of drug-likeness (QED) is 0.833. The first-order chi connectivity index (χ1) is 9.19. The van der Waals surface area contributed by atoms with E-state index < -0.39 is 11.9 Å². The molecule has 1 aromatic rings. The van der Waals surface area contributed by atoms with Crippen molar-refractivity contribution in [1.29, 1.82) is 0 Å². The minimum Gasteiger partial charge on any atom is -0.493 e. The number of methoxy groups -OCH3 is 1. The Morgan fingerprint density at radius 1 is 1.26 bits per heavy atom. The highest BCUT2D eigenvalue weighted by Gasteiger charge is 2.23. The van der Waals surface area contributed by atoms with Crippen molar-refractivity contribution in [3.05, 3.63) is 24.3 Å². The summed E-state index contributed by atoms with van der Waals surface area (Å²) in [7, 11) is 1.52. The normalized spacial score (nSPS) is 13.5. The highest BCUT2D eigenvalue weighted by atomic mass is 16.5. The molecule has 1 aliphatic rings. The molecule has 2 rings (SSSR count). The lowest BCUT2D eigenvalue weighted by atomic mass is 10.3. The van der Waals surface area contributed by atoms with Crippen LogP contribution in [0, 0.1) is 0 Å². The molecule has 6 nitrogen and oxygen atoms in total. The van der Waals surface area contributed by atoms with E-state index in [4.69, 9.17) is 9.47 Å². The first-order valence-corrected chi connectivity index (χ1v) is 6.05. The number of hydrogen-bond acceptors (Lipinski definition) is 4. The van der Waals surface area contributed by atoms with Gasteiger partial charge in [0, 0.05) is 6.04 Å². The predicted octanol–water partition coefficient (Wildman–Crippen LogP) is 1.06. The second-order valence-corrected chi connectivity index (χ2v) is 4.24. The molecular weight excluding hydrogens is 248 g/mol. The van der Waals surface area contributed by atoms with Gasteiger partial charge in [0.25, 0.3) is 5.91 Å². The molecular formula is C13H16N2O4. The summed E-state index contributed by atoms with van der Waals surface area (Å²) in [5, 5.41) is 4.86. The molecule has 102 valence electrons. The van der Waals surface area contributed by atoms with Gasteiger partial charge < -0.3 is 14.8 Å². The van der Waals surface area contributed by atoms with Crippen LogP contribution < -0.4 is 20.1 Å². The minimum atomic E-state index is -0.496.